The number of benzene rings is 2. The molecule has 1 radical (unpaired) electrons. The highest BCUT2D eigenvalue weighted by Crippen LogP contribution is 2.36. The maximum Gasteiger partial charge on any atom is 0.118 e. The molecular formula is C20H25O. The first kappa shape index (κ1) is 15.6. The summed E-state index contributed by atoms with van der Waals surface area (Å²) in [4.78, 5) is 0. The topological polar surface area (TPSA) is 9.23 Å². The maximum absolute atomic E-state index is 5.25. The standard InChI is InChI=1S/C20H25O/c1-4-15-20(5-2,18-9-7-6-8-10-18)16-17-11-13-19(21-3)14-12-17/h6-14H,2,4-5,15-16H2,1,3H3. The molecule has 0 bridgehead atoms. The Morgan fingerprint density at radius 2 is 1.67 bits per heavy atom. The summed E-state index contributed by atoms with van der Waals surface area (Å²) in [6, 6.07) is 19.2. The normalized spacial score (nSPS) is 13.7. The van der Waals surface area contributed by atoms with Gasteiger partial charge in [0.15, 0.2) is 0 Å². The quantitative estimate of drug-likeness (QED) is 0.677. The highest BCUT2D eigenvalue weighted by atomic mass is 16.5. The SMILES string of the molecule is [CH2]CC(CCC)(Cc1ccc(OC)cc1)c1ccccc1. The molecule has 0 N–H and O–H groups in total. The van der Waals surface area contributed by atoms with Gasteiger partial charge in [0.2, 0.25) is 0 Å². The zero-order chi connectivity index (χ0) is 15.1. The van der Waals surface area contributed by atoms with Gasteiger partial charge in [0.1, 0.15) is 5.75 Å². The third kappa shape index (κ3) is 3.66. The summed E-state index contributed by atoms with van der Waals surface area (Å²) in [5.41, 5.74) is 2.87. The molecule has 0 saturated heterocycles. The lowest BCUT2D eigenvalue weighted by Crippen LogP contribution is -2.28. The smallest absolute Gasteiger partial charge is 0.118 e. The van der Waals surface area contributed by atoms with Crippen LogP contribution in [-0.2, 0) is 11.8 Å². The summed E-state index contributed by atoms with van der Waals surface area (Å²) in [5, 5.41) is 0. The average Bonchev–Trinajstić information content (AvgIpc) is 2.56. The molecule has 1 heteroatoms. The predicted octanol–water partition coefficient (Wildman–Crippen LogP) is 5.20. The Morgan fingerprint density at radius 3 is 2.19 bits per heavy atom. The fourth-order valence-corrected chi connectivity index (χ4v) is 3.10. The molecule has 0 aliphatic rings. The first-order valence-corrected chi connectivity index (χ1v) is 7.72. The van der Waals surface area contributed by atoms with Crippen molar-refractivity contribution in [3.05, 3.63) is 72.6 Å². The van der Waals surface area contributed by atoms with E-state index < -0.39 is 0 Å². The molecule has 1 nitrogen and oxygen atoms in total. The molecule has 0 amide bonds. The predicted molar refractivity (Wildman–Crippen MR) is 89.7 cm³/mol. The summed E-state index contributed by atoms with van der Waals surface area (Å²) in [6.07, 6.45) is 4.27. The van der Waals surface area contributed by atoms with Crippen molar-refractivity contribution in [2.24, 2.45) is 0 Å². The van der Waals surface area contributed by atoms with Crippen LogP contribution in [0, 0.1) is 6.92 Å². The summed E-state index contributed by atoms with van der Waals surface area (Å²) < 4.78 is 5.25. The molecule has 0 aromatic heterocycles. The van der Waals surface area contributed by atoms with E-state index in [1.807, 2.05) is 12.1 Å². The largest absolute Gasteiger partial charge is 0.497 e. The van der Waals surface area contributed by atoms with E-state index in [1.54, 1.807) is 7.11 Å². The van der Waals surface area contributed by atoms with Crippen LogP contribution < -0.4 is 4.74 Å². The van der Waals surface area contributed by atoms with Crippen molar-refractivity contribution in [1.29, 1.82) is 0 Å². The Hall–Kier alpha value is -1.76. The van der Waals surface area contributed by atoms with Crippen molar-refractivity contribution in [3.63, 3.8) is 0 Å². The van der Waals surface area contributed by atoms with Crippen LogP contribution in [0.3, 0.4) is 0 Å². The van der Waals surface area contributed by atoms with Crippen LogP contribution in [0.15, 0.2) is 54.6 Å². The Morgan fingerprint density at radius 1 is 1.00 bits per heavy atom. The highest BCUT2D eigenvalue weighted by Gasteiger charge is 2.29. The van der Waals surface area contributed by atoms with E-state index in [9.17, 15) is 0 Å². The van der Waals surface area contributed by atoms with Gasteiger partial charge < -0.3 is 4.74 Å². The van der Waals surface area contributed by atoms with Gasteiger partial charge in [-0.05, 0) is 47.9 Å². The lowest BCUT2D eigenvalue weighted by atomic mass is 9.70. The average molecular weight is 281 g/mol. The highest BCUT2D eigenvalue weighted by molar-refractivity contribution is 5.33. The van der Waals surface area contributed by atoms with Crippen molar-refractivity contribution in [2.45, 2.75) is 38.0 Å². The second-order valence-electron chi connectivity index (χ2n) is 5.67. The minimum Gasteiger partial charge on any atom is -0.497 e. The fourth-order valence-electron chi connectivity index (χ4n) is 3.10. The number of ether oxygens (including phenoxy) is 1. The van der Waals surface area contributed by atoms with E-state index in [0.717, 1.165) is 25.0 Å². The number of methoxy groups -OCH3 is 1. The van der Waals surface area contributed by atoms with Crippen LogP contribution >= 0.6 is 0 Å². The van der Waals surface area contributed by atoms with Gasteiger partial charge >= 0.3 is 0 Å². The molecule has 2 rings (SSSR count). The van der Waals surface area contributed by atoms with E-state index in [-0.39, 0.29) is 5.41 Å². The molecule has 21 heavy (non-hydrogen) atoms. The lowest BCUT2D eigenvalue weighted by molar-refractivity contribution is 0.386. The molecule has 111 valence electrons. The third-order valence-electron chi connectivity index (χ3n) is 4.29. The molecule has 0 aliphatic carbocycles. The first-order chi connectivity index (χ1) is 10.2. The van der Waals surface area contributed by atoms with Crippen LogP contribution in [0.4, 0.5) is 0 Å². The molecule has 1 atom stereocenters. The van der Waals surface area contributed by atoms with Gasteiger partial charge in [-0.3, -0.25) is 0 Å². The van der Waals surface area contributed by atoms with Gasteiger partial charge in [-0.25, -0.2) is 0 Å². The molecule has 1 unspecified atom stereocenters. The minimum atomic E-state index is 0.130. The van der Waals surface area contributed by atoms with Gasteiger partial charge in [-0.15, -0.1) is 0 Å². The number of hydrogen-bond donors (Lipinski definition) is 0. The van der Waals surface area contributed by atoms with E-state index in [4.69, 9.17) is 4.74 Å². The van der Waals surface area contributed by atoms with Crippen LogP contribution in [0.5, 0.6) is 5.75 Å². The van der Waals surface area contributed by atoms with Crippen LogP contribution in [0.25, 0.3) is 0 Å². The van der Waals surface area contributed by atoms with Gasteiger partial charge in [0, 0.05) is 0 Å². The van der Waals surface area contributed by atoms with Gasteiger partial charge in [-0.2, -0.15) is 0 Å². The number of rotatable bonds is 7. The Labute approximate surface area is 129 Å². The van der Waals surface area contributed by atoms with Gasteiger partial charge in [0.05, 0.1) is 7.11 Å². The molecule has 0 aliphatic heterocycles. The molecule has 2 aromatic rings. The Kier molecular flexibility index (Phi) is 5.44. The first-order valence-electron chi connectivity index (χ1n) is 7.72. The summed E-state index contributed by atoms with van der Waals surface area (Å²) in [7, 11) is 1.70. The van der Waals surface area contributed by atoms with Crippen molar-refractivity contribution in [1.82, 2.24) is 0 Å². The van der Waals surface area contributed by atoms with E-state index in [1.165, 1.54) is 17.5 Å². The van der Waals surface area contributed by atoms with Crippen LogP contribution in [-0.4, -0.2) is 7.11 Å². The molecule has 0 saturated carbocycles. The van der Waals surface area contributed by atoms with E-state index in [2.05, 4.69) is 56.3 Å². The molecule has 0 heterocycles. The monoisotopic (exact) mass is 281 g/mol. The maximum atomic E-state index is 5.25. The molecule has 0 fully saturated rings. The fraction of sp³-hybridized carbons (Fsp3) is 0.350. The second kappa shape index (κ2) is 7.31. The van der Waals surface area contributed by atoms with Crippen molar-refractivity contribution >= 4 is 0 Å². The molecular weight excluding hydrogens is 256 g/mol. The minimum absolute atomic E-state index is 0.130. The lowest BCUT2D eigenvalue weighted by Gasteiger charge is -2.33. The van der Waals surface area contributed by atoms with Crippen molar-refractivity contribution < 1.29 is 4.74 Å². The second-order valence-corrected chi connectivity index (χ2v) is 5.67. The summed E-state index contributed by atoms with van der Waals surface area (Å²) in [6.45, 7) is 6.51. The van der Waals surface area contributed by atoms with Crippen LogP contribution in [0.1, 0.15) is 37.3 Å². The van der Waals surface area contributed by atoms with Gasteiger partial charge in [-0.1, -0.05) is 62.7 Å². The van der Waals surface area contributed by atoms with Crippen molar-refractivity contribution in [2.75, 3.05) is 7.11 Å². The third-order valence-corrected chi connectivity index (χ3v) is 4.29. The zero-order valence-corrected chi connectivity index (χ0v) is 13.1. The Balaban J connectivity index is 2.31. The van der Waals surface area contributed by atoms with Crippen molar-refractivity contribution in [3.8, 4) is 5.75 Å². The summed E-state index contributed by atoms with van der Waals surface area (Å²) >= 11 is 0. The molecule has 0 spiro atoms. The Bertz CT molecular complexity index is 530. The zero-order valence-electron chi connectivity index (χ0n) is 13.1. The van der Waals surface area contributed by atoms with E-state index in [0.29, 0.717) is 0 Å². The van der Waals surface area contributed by atoms with Crippen LogP contribution in [0.2, 0.25) is 0 Å². The van der Waals surface area contributed by atoms with Gasteiger partial charge in [0.25, 0.3) is 0 Å². The molecule has 2 aromatic carbocycles. The van der Waals surface area contributed by atoms with E-state index >= 15 is 0 Å². The number of hydrogen-bond acceptors (Lipinski definition) is 1. The summed E-state index contributed by atoms with van der Waals surface area (Å²) in [5.74, 6) is 0.911.